The molecule has 0 amide bonds. The van der Waals surface area contributed by atoms with Crippen LogP contribution in [0.2, 0.25) is 0 Å². The van der Waals surface area contributed by atoms with Gasteiger partial charge in [0.05, 0.1) is 5.56 Å². The van der Waals surface area contributed by atoms with Gasteiger partial charge in [-0.25, -0.2) is 8.78 Å². The highest BCUT2D eigenvalue weighted by Crippen LogP contribution is 2.49. The molecule has 2 aromatic carbocycles. The van der Waals surface area contributed by atoms with Crippen LogP contribution in [0.15, 0.2) is 36.4 Å². The maximum atomic E-state index is 15.1. The molecule has 2 aliphatic carbocycles. The second kappa shape index (κ2) is 12.3. The van der Waals surface area contributed by atoms with Crippen LogP contribution in [-0.2, 0) is 0 Å². The Balaban J connectivity index is 1.35. The van der Waals surface area contributed by atoms with Gasteiger partial charge in [-0.05, 0) is 91.2 Å². The minimum atomic E-state index is -2.94. The molecule has 0 spiro atoms. The van der Waals surface area contributed by atoms with E-state index in [-0.39, 0.29) is 17.2 Å². The van der Waals surface area contributed by atoms with Crippen LogP contribution in [0, 0.1) is 29.4 Å². The summed E-state index contributed by atoms with van der Waals surface area (Å²) in [5.74, 6) is 1.25. The Morgan fingerprint density at radius 1 is 0.829 bits per heavy atom. The number of halogens is 4. The van der Waals surface area contributed by atoms with E-state index in [1.165, 1.54) is 94.2 Å². The number of ether oxygens (including phenoxy) is 1. The molecule has 2 aromatic rings. The van der Waals surface area contributed by atoms with Gasteiger partial charge in [0.2, 0.25) is 0 Å². The molecule has 2 saturated carbocycles. The molecule has 0 bridgehead atoms. The summed E-state index contributed by atoms with van der Waals surface area (Å²) in [5.41, 5.74) is 0.938. The van der Waals surface area contributed by atoms with Crippen molar-refractivity contribution in [2.75, 3.05) is 0 Å². The van der Waals surface area contributed by atoms with Crippen molar-refractivity contribution in [2.24, 2.45) is 17.8 Å². The van der Waals surface area contributed by atoms with E-state index in [9.17, 15) is 8.78 Å². The Hall–Kier alpha value is -2.04. The quantitative estimate of drug-likeness (QED) is 0.238. The predicted molar refractivity (Wildman–Crippen MR) is 133 cm³/mol. The number of fused-ring (bicyclic) bond motifs is 1. The summed E-state index contributed by atoms with van der Waals surface area (Å²) < 4.78 is 59.2. The molecule has 0 N–H and O–H groups in total. The van der Waals surface area contributed by atoms with Gasteiger partial charge in [0.15, 0.2) is 0 Å². The van der Waals surface area contributed by atoms with Gasteiger partial charge < -0.3 is 4.74 Å². The normalized spacial score (nSPS) is 24.4. The molecule has 0 heterocycles. The molecule has 0 saturated heterocycles. The zero-order valence-electron chi connectivity index (χ0n) is 20.8. The van der Waals surface area contributed by atoms with Crippen LogP contribution >= 0.6 is 0 Å². The molecule has 2 aliphatic rings. The Labute approximate surface area is 207 Å². The number of hydrogen-bond acceptors (Lipinski definition) is 1. The lowest BCUT2D eigenvalue weighted by Crippen LogP contribution is -2.30. The van der Waals surface area contributed by atoms with Crippen LogP contribution in [0.25, 0.3) is 11.1 Å². The zero-order valence-corrected chi connectivity index (χ0v) is 20.8. The van der Waals surface area contributed by atoms with E-state index in [1.807, 2.05) is 0 Å². The summed E-state index contributed by atoms with van der Waals surface area (Å²) in [4.78, 5) is 0. The predicted octanol–water partition coefficient (Wildman–Crippen LogP) is 9.89. The van der Waals surface area contributed by atoms with Gasteiger partial charge in [-0.15, -0.1) is 0 Å². The van der Waals surface area contributed by atoms with Crippen molar-refractivity contribution < 1.29 is 22.3 Å². The van der Waals surface area contributed by atoms with Gasteiger partial charge in [0, 0.05) is 0 Å². The molecule has 0 radical (unpaired) electrons. The fourth-order valence-electron chi connectivity index (χ4n) is 6.50. The third kappa shape index (κ3) is 6.80. The minimum Gasteiger partial charge on any atom is -0.435 e. The molecule has 5 heteroatoms. The Morgan fingerprint density at radius 3 is 2.17 bits per heavy atom. The Morgan fingerprint density at radius 2 is 1.49 bits per heavy atom. The topological polar surface area (TPSA) is 9.23 Å². The van der Waals surface area contributed by atoms with Crippen molar-refractivity contribution in [2.45, 2.75) is 96.5 Å². The smallest absolute Gasteiger partial charge is 0.387 e. The van der Waals surface area contributed by atoms with Gasteiger partial charge in [0.25, 0.3) is 0 Å². The lowest BCUT2D eigenvalue weighted by atomic mass is 9.63. The maximum Gasteiger partial charge on any atom is 0.387 e. The second-order valence-electron chi connectivity index (χ2n) is 10.7. The fraction of sp³-hybridized carbons (Fsp3) is 0.600. The van der Waals surface area contributed by atoms with E-state index in [2.05, 4.69) is 11.7 Å². The van der Waals surface area contributed by atoms with Gasteiger partial charge in [-0.3, -0.25) is 0 Å². The second-order valence-corrected chi connectivity index (χ2v) is 10.7. The summed E-state index contributed by atoms with van der Waals surface area (Å²) in [6.07, 6.45) is 15.1. The maximum absolute atomic E-state index is 15.1. The third-order valence-corrected chi connectivity index (χ3v) is 8.34. The Kier molecular flexibility index (Phi) is 9.13. The molecular weight excluding hydrogens is 452 g/mol. The lowest BCUT2D eigenvalue weighted by Gasteiger charge is -2.42. The first kappa shape index (κ1) is 26.0. The number of unbranched alkanes of at least 4 members (excludes halogenated alkanes) is 4. The summed E-state index contributed by atoms with van der Waals surface area (Å²) in [5, 5.41) is 0. The van der Waals surface area contributed by atoms with E-state index in [0.717, 1.165) is 36.7 Å². The number of rotatable bonds is 10. The molecule has 1 nitrogen and oxygen atoms in total. The highest BCUT2D eigenvalue weighted by molar-refractivity contribution is 5.66. The Bertz CT molecular complexity index is 919. The van der Waals surface area contributed by atoms with Crippen LogP contribution in [0.3, 0.4) is 0 Å². The SMILES string of the molecule is CCCCCCCC1CCC2CC(c3cc(F)c(-c4ccc(OC(F)F)cc4)c(F)c3)CCC2C1. The molecule has 0 aromatic heterocycles. The number of alkyl halides is 2. The van der Waals surface area contributed by atoms with Crippen molar-refractivity contribution in [1.82, 2.24) is 0 Å². The third-order valence-electron chi connectivity index (χ3n) is 8.34. The van der Waals surface area contributed by atoms with Crippen LogP contribution < -0.4 is 4.74 Å². The van der Waals surface area contributed by atoms with Crippen molar-refractivity contribution in [3.05, 3.63) is 53.6 Å². The van der Waals surface area contributed by atoms with E-state index < -0.39 is 18.2 Å². The van der Waals surface area contributed by atoms with Crippen LogP contribution in [-0.4, -0.2) is 6.61 Å². The molecule has 2 fully saturated rings. The number of benzene rings is 2. The largest absolute Gasteiger partial charge is 0.435 e. The summed E-state index contributed by atoms with van der Waals surface area (Å²) in [6.45, 7) is -0.682. The van der Waals surface area contributed by atoms with E-state index in [4.69, 9.17) is 0 Å². The first-order valence-corrected chi connectivity index (χ1v) is 13.5. The molecule has 4 atom stereocenters. The highest BCUT2D eigenvalue weighted by atomic mass is 19.3. The standard InChI is InChI=1S/C30H38F4O/c1-2-3-4-5-6-7-20-8-9-23-17-24(11-10-22(23)16-20)25-18-27(31)29(28(32)19-25)21-12-14-26(15-13-21)35-30(33)34/h12-15,18-20,22-24,30H,2-11,16-17H2,1H3. The zero-order chi connectivity index (χ0) is 24.8. The van der Waals surface area contributed by atoms with Crippen LogP contribution in [0.4, 0.5) is 17.6 Å². The van der Waals surface area contributed by atoms with Crippen molar-refractivity contribution in [3.63, 3.8) is 0 Å². The fourth-order valence-corrected chi connectivity index (χ4v) is 6.50. The summed E-state index contributed by atoms with van der Waals surface area (Å²) in [6, 6.07) is 8.39. The van der Waals surface area contributed by atoms with Crippen LogP contribution in [0.1, 0.15) is 95.5 Å². The van der Waals surface area contributed by atoms with E-state index >= 15 is 8.78 Å². The summed E-state index contributed by atoms with van der Waals surface area (Å²) in [7, 11) is 0. The van der Waals surface area contributed by atoms with E-state index in [1.54, 1.807) is 0 Å². The van der Waals surface area contributed by atoms with Gasteiger partial charge >= 0.3 is 6.61 Å². The molecule has 192 valence electrons. The van der Waals surface area contributed by atoms with E-state index in [0.29, 0.717) is 11.5 Å². The molecule has 0 aliphatic heterocycles. The molecule has 4 unspecified atom stereocenters. The molecule has 4 rings (SSSR count). The average Bonchev–Trinajstić information content (AvgIpc) is 2.84. The van der Waals surface area contributed by atoms with Crippen molar-refractivity contribution in [1.29, 1.82) is 0 Å². The van der Waals surface area contributed by atoms with Gasteiger partial charge in [-0.2, -0.15) is 8.78 Å². The lowest BCUT2D eigenvalue weighted by molar-refractivity contribution is -0.0498. The molecule has 35 heavy (non-hydrogen) atoms. The minimum absolute atomic E-state index is 0.0378. The highest BCUT2D eigenvalue weighted by Gasteiger charge is 2.36. The number of hydrogen-bond donors (Lipinski definition) is 0. The first-order chi connectivity index (χ1) is 16.9. The van der Waals surface area contributed by atoms with Crippen molar-refractivity contribution in [3.8, 4) is 16.9 Å². The average molecular weight is 491 g/mol. The van der Waals surface area contributed by atoms with Gasteiger partial charge in [-0.1, -0.05) is 64.0 Å². The first-order valence-electron chi connectivity index (χ1n) is 13.5. The van der Waals surface area contributed by atoms with Gasteiger partial charge in [0.1, 0.15) is 17.4 Å². The molecular formula is C30H38F4O. The summed E-state index contributed by atoms with van der Waals surface area (Å²) >= 11 is 0. The van der Waals surface area contributed by atoms with Crippen molar-refractivity contribution >= 4 is 0 Å². The monoisotopic (exact) mass is 490 g/mol. The van der Waals surface area contributed by atoms with Crippen LogP contribution in [0.5, 0.6) is 5.75 Å².